The molecule has 0 saturated carbocycles. The van der Waals surface area contributed by atoms with Crippen LogP contribution in [0.15, 0.2) is 47.2 Å². The minimum absolute atomic E-state index is 0.0439. The van der Waals surface area contributed by atoms with Crippen molar-refractivity contribution in [1.82, 2.24) is 0 Å². The van der Waals surface area contributed by atoms with Crippen molar-refractivity contribution < 1.29 is 4.79 Å². The lowest BCUT2D eigenvalue weighted by atomic mass is 9.46. The smallest absolute Gasteiger partial charge is 0.241 e. The van der Waals surface area contributed by atoms with Crippen LogP contribution >= 0.6 is 0 Å². The molecule has 2 N–H and O–H groups in total. The molecule has 31 heavy (non-hydrogen) atoms. The van der Waals surface area contributed by atoms with E-state index < -0.39 is 16.7 Å². The topological polar surface area (TPSA) is 118 Å². The Hall–Kier alpha value is -3.56. The molecule has 4 rings (SSSR count). The number of hydrogen-bond donors (Lipinski definition) is 1. The van der Waals surface area contributed by atoms with Gasteiger partial charge in [0.15, 0.2) is 0 Å². The van der Waals surface area contributed by atoms with Crippen LogP contribution in [0.25, 0.3) is 0 Å². The highest BCUT2D eigenvalue weighted by molar-refractivity contribution is 6.10. The number of nitrogens with zero attached hydrogens (tertiary/aromatic N) is 4. The third kappa shape index (κ3) is 2.27. The number of carbonyl (C=O) groups is 1. The molecule has 6 heteroatoms. The van der Waals surface area contributed by atoms with Gasteiger partial charge < -0.3 is 10.6 Å². The highest BCUT2D eigenvalue weighted by Gasteiger charge is 2.72. The maximum absolute atomic E-state index is 14.1. The van der Waals surface area contributed by atoms with E-state index in [0.29, 0.717) is 23.2 Å². The summed E-state index contributed by atoms with van der Waals surface area (Å²) in [5, 5.41) is 30.8. The van der Waals surface area contributed by atoms with E-state index in [4.69, 9.17) is 5.73 Å². The van der Waals surface area contributed by atoms with Crippen molar-refractivity contribution in [1.29, 1.82) is 15.8 Å². The molecule has 156 valence electrons. The van der Waals surface area contributed by atoms with Crippen LogP contribution in [0.4, 0.5) is 5.69 Å². The van der Waals surface area contributed by atoms with Crippen LogP contribution in [0.2, 0.25) is 0 Å². The fourth-order valence-electron chi connectivity index (χ4n) is 5.86. The quantitative estimate of drug-likeness (QED) is 0.698. The van der Waals surface area contributed by atoms with Gasteiger partial charge in [0.2, 0.25) is 11.3 Å². The number of rotatable bonds is 0. The third-order valence-electron chi connectivity index (χ3n) is 7.60. The van der Waals surface area contributed by atoms with Crippen molar-refractivity contribution in [3.63, 3.8) is 0 Å². The zero-order chi connectivity index (χ0) is 22.8. The van der Waals surface area contributed by atoms with E-state index in [2.05, 4.69) is 39.0 Å². The van der Waals surface area contributed by atoms with Crippen LogP contribution in [0.3, 0.4) is 0 Å². The number of fused-ring (bicyclic) bond motifs is 4. The zero-order valence-electron chi connectivity index (χ0n) is 18.2. The molecular formula is C25H25N5O. The standard InChI is InChI=1S/C25H25N5O/c1-23(2,3)15-9-10-16-17(12-26)21(29)24(13-27,14-28)25(19(16)11-15)18-7-5-6-8-20(18)30(4)22(25)31/h5-8,10,15,19H,9,11,29H2,1-4H3/t15-,19-,25+/m0/s1. The molecule has 0 aromatic heterocycles. The first-order chi connectivity index (χ1) is 14.6. The number of para-hydroxylation sites is 1. The average Bonchev–Trinajstić information content (AvgIpc) is 2.98. The molecular weight excluding hydrogens is 386 g/mol. The SMILES string of the molecule is CN1C(=O)[C@@]2(c3ccccc31)[C@H]1C[C@@H](C(C)(C)C)CC=C1C(C#N)=C(N)C2(C#N)C#N. The van der Waals surface area contributed by atoms with Gasteiger partial charge in [-0.05, 0) is 41.4 Å². The van der Waals surface area contributed by atoms with Gasteiger partial charge >= 0.3 is 0 Å². The first kappa shape index (κ1) is 20.7. The largest absolute Gasteiger partial charge is 0.399 e. The number of nitrogens with two attached hydrogens (primary N) is 1. The number of hydrogen-bond acceptors (Lipinski definition) is 5. The summed E-state index contributed by atoms with van der Waals surface area (Å²) in [6, 6.07) is 13.7. The van der Waals surface area contributed by atoms with E-state index in [1.165, 1.54) is 4.90 Å². The molecule has 1 aromatic carbocycles. The van der Waals surface area contributed by atoms with Crippen molar-refractivity contribution in [3.8, 4) is 18.2 Å². The maximum atomic E-state index is 14.1. The Morgan fingerprint density at radius 1 is 1.16 bits per heavy atom. The molecule has 0 bridgehead atoms. The van der Waals surface area contributed by atoms with Crippen LogP contribution in [-0.4, -0.2) is 13.0 Å². The number of nitriles is 3. The summed E-state index contributed by atoms with van der Waals surface area (Å²) >= 11 is 0. The van der Waals surface area contributed by atoms with Crippen LogP contribution in [0, 0.1) is 56.7 Å². The molecule has 1 aliphatic heterocycles. The van der Waals surface area contributed by atoms with Crippen molar-refractivity contribution in [2.75, 3.05) is 11.9 Å². The number of carbonyl (C=O) groups excluding carboxylic acids is 1. The molecule has 2 aliphatic carbocycles. The first-order valence-corrected chi connectivity index (χ1v) is 10.4. The van der Waals surface area contributed by atoms with E-state index in [1.54, 1.807) is 7.05 Å². The number of benzene rings is 1. The van der Waals surface area contributed by atoms with E-state index in [-0.39, 0.29) is 28.5 Å². The molecule has 6 nitrogen and oxygen atoms in total. The molecule has 1 spiro atoms. The van der Waals surface area contributed by atoms with Gasteiger partial charge in [0.25, 0.3) is 0 Å². The van der Waals surface area contributed by atoms with Crippen LogP contribution < -0.4 is 10.6 Å². The number of amides is 1. The zero-order valence-corrected chi connectivity index (χ0v) is 18.2. The second-order valence-corrected chi connectivity index (χ2v) is 9.81. The second-order valence-electron chi connectivity index (χ2n) is 9.81. The van der Waals surface area contributed by atoms with Crippen LogP contribution in [0.5, 0.6) is 0 Å². The number of allylic oxidation sites excluding steroid dienone is 4. The molecule has 3 atom stereocenters. The molecule has 0 saturated heterocycles. The second kappa shape index (κ2) is 6.47. The predicted molar refractivity (Wildman–Crippen MR) is 116 cm³/mol. The summed E-state index contributed by atoms with van der Waals surface area (Å²) < 4.78 is 0. The number of anilines is 1. The number of likely N-dealkylation sites (N-methyl/N-ethyl adjacent to an activating group) is 1. The van der Waals surface area contributed by atoms with Crippen LogP contribution in [-0.2, 0) is 10.2 Å². The molecule has 1 amide bonds. The Bertz CT molecular complexity index is 1170. The summed E-state index contributed by atoms with van der Waals surface area (Å²) in [4.78, 5) is 15.6. The Morgan fingerprint density at radius 3 is 2.39 bits per heavy atom. The minimum atomic E-state index is -1.97. The minimum Gasteiger partial charge on any atom is -0.399 e. The summed E-state index contributed by atoms with van der Waals surface area (Å²) in [6.45, 7) is 6.46. The van der Waals surface area contributed by atoms with Gasteiger partial charge in [-0.15, -0.1) is 0 Å². The molecule has 0 fully saturated rings. The lowest BCUT2D eigenvalue weighted by molar-refractivity contribution is -0.127. The summed E-state index contributed by atoms with van der Waals surface area (Å²) in [7, 11) is 1.67. The van der Waals surface area contributed by atoms with E-state index >= 15 is 0 Å². The normalized spacial score (nSPS) is 28.9. The van der Waals surface area contributed by atoms with Gasteiger partial charge in [-0.2, -0.15) is 15.8 Å². The molecule has 0 radical (unpaired) electrons. The van der Waals surface area contributed by atoms with Crippen molar-refractivity contribution in [2.45, 2.75) is 39.0 Å². The van der Waals surface area contributed by atoms with Crippen molar-refractivity contribution in [3.05, 3.63) is 52.7 Å². The Kier molecular flexibility index (Phi) is 4.32. The highest BCUT2D eigenvalue weighted by Crippen LogP contribution is 2.65. The highest BCUT2D eigenvalue weighted by atomic mass is 16.2. The summed E-state index contributed by atoms with van der Waals surface area (Å²) in [6.07, 6.45) is 3.35. The average molecular weight is 412 g/mol. The van der Waals surface area contributed by atoms with Crippen LogP contribution in [0.1, 0.15) is 39.2 Å². The van der Waals surface area contributed by atoms with Gasteiger partial charge in [-0.1, -0.05) is 45.0 Å². The Morgan fingerprint density at radius 2 is 1.81 bits per heavy atom. The maximum Gasteiger partial charge on any atom is 0.241 e. The van der Waals surface area contributed by atoms with Crippen molar-refractivity contribution in [2.24, 2.45) is 28.4 Å². The molecule has 1 aromatic rings. The van der Waals surface area contributed by atoms with Gasteiger partial charge in [0, 0.05) is 18.7 Å². The lowest BCUT2D eigenvalue weighted by Crippen LogP contribution is -2.61. The molecule has 0 unspecified atom stereocenters. The van der Waals surface area contributed by atoms with Gasteiger partial charge in [0.1, 0.15) is 11.5 Å². The van der Waals surface area contributed by atoms with E-state index in [1.807, 2.05) is 30.3 Å². The van der Waals surface area contributed by atoms with E-state index in [9.17, 15) is 20.6 Å². The first-order valence-electron chi connectivity index (χ1n) is 10.4. The van der Waals surface area contributed by atoms with E-state index in [0.717, 1.165) is 6.42 Å². The molecule has 3 aliphatic rings. The monoisotopic (exact) mass is 411 g/mol. The van der Waals surface area contributed by atoms with Gasteiger partial charge in [0.05, 0.1) is 23.4 Å². The fourth-order valence-corrected chi connectivity index (χ4v) is 5.86. The predicted octanol–water partition coefficient (Wildman–Crippen LogP) is 3.68. The summed E-state index contributed by atoms with van der Waals surface area (Å²) in [5.41, 5.74) is 4.98. The van der Waals surface area contributed by atoms with Gasteiger partial charge in [-0.25, -0.2) is 0 Å². The Labute approximate surface area is 182 Å². The van der Waals surface area contributed by atoms with Crippen molar-refractivity contribution >= 4 is 11.6 Å². The summed E-state index contributed by atoms with van der Waals surface area (Å²) in [5.74, 6) is -0.592. The van der Waals surface area contributed by atoms with Gasteiger partial charge in [-0.3, -0.25) is 4.79 Å². The fraction of sp³-hybridized carbons (Fsp3) is 0.440. The third-order valence-corrected chi connectivity index (χ3v) is 7.60. The Balaban J connectivity index is 2.17. The lowest BCUT2D eigenvalue weighted by Gasteiger charge is -2.52. The molecule has 1 heterocycles.